The summed E-state index contributed by atoms with van der Waals surface area (Å²) in [6.45, 7) is 0.177. The lowest BCUT2D eigenvalue weighted by Gasteiger charge is -2.33. The van der Waals surface area contributed by atoms with Gasteiger partial charge in [0.2, 0.25) is 0 Å². The molecule has 146 valence electrons. The highest BCUT2D eigenvalue weighted by molar-refractivity contribution is 6.21. The number of ether oxygens (including phenoxy) is 1. The van der Waals surface area contributed by atoms with E-state index in [2.05, 4.69) is 5.32 Å². The topological polar surface area (TPSA) is 96.0 Å². The van der Waals surface area contributed by atoms with Gasteiger partial charge in [-0.25, -0.2) is 4.79 Å². The van der Waals surface area contributed by atoms with Crippen LogP contribution in [0.15, 0.2) is 48.5 Å². The highest BCUT2D eigenvalue weighted by Gasteiger charge is 2.54. The monoisotopic (exact) mass is 391 g/mol. The standard InChI is InChI=1S/C21H17N3O5/c25-17-13-5-1-2-6-14(13)18(26)23(17)10-11-24-19(27)21(22-20(24)28)9-12-29-16-8-4-3-7-15(16)21/h1-8H,9-12H2,(H,22,28)/t21-/m1/s1. The van der Waals surface area contributed by atoms with Gasteiger partial charge >= 0.3 is 6.03 Å². The van der Waals surface area contributed by atoms with Gasteiger partial charge in [-0.1, -0.05) is 30.3 Å². The first-order valence-electron chi connectivity index (χ1n) is 9.34. The molecule has 0 saturated carbocycles. The fourth-order valence-corrected chi connectivity index (χ4v) is 4.22. The molecule has 2 aromatic rings. The minimum Gasteiger partial charge on any atom is -0.493 e. The van der Waals surface area contributed by atoms with Gasteiger partial charge in [-0.3, -0.25) is 24.2 Å². The van der Waals surface area contributed by atoms with Crippen LogP contribution in [0.2, 0.25) is 0 Å². The van der Waals surface area contributed by atoms with Crippen molar-refractivity contribution in [1.82, 2.24) is 15.1 Å². The molecular formula is C21H17N3O5. The summed E-state index contributed by atoms with van der Waals surface area (Å²) in [6, 6.07) is 13.2. The number of nitrogens with one attached hydrogen (secondary N) is 1. The zero-order chi connectivity index (χ0) is 20.2. The third-order valence-electron chi connectivity index (χ3n) is 5.68. The van der Waals surface area contributed by atoms with Gasteiger partial charge in [0.25, 0.3) is 17.7 Å². The van der Waals surface area contributed by atoms with E-state index in [1.807, 2.05) is 0 Å². The fourth-order valence-electron chi connectivity index (χ4n) is 4.22. The Kier molecular flexibility index (Phi) is 3.70. The molecule has 1 saturated heterocycles. The molecule has 2 aromatic carbocycles. The highest BCUT2D eigenvalue weighted by atomic mass is 16.5. The third-order valence-corrected chi connectivity index (χ3v) is 5.68. The Morgan fingerprint density at radius 1 is 0.862 bits per heavy atom. The van der Waals surface area contributed by atoms with E-state index in [9.17, 15) is 19.2 Å². The molecule has 5 amide bonds. The second kappa shape index (κ2) is 6.16. The van der Waals surface area contributed by atoms with Gasteiger partial charge < -0.3 is 10.1 Å². The number of hydrogen-bond acceptors (Lipinski definition) is 5. The first kappa shape index (κ1) is 17.4. The molecule has 1 fully saturated rings. The van der Waals surface area contributed by atoms with E-state index >= 15 is 0 Å². The Morgan fingerprint density at radius 2 is 1.48 bits per heavy atom. The lowest BCUT2D eigenvalue weighted by Crippen LogP contribution is -2.48. The number of hydrogen-bond donors (Lipinski definition) is 1. The molecule has 8 nitrogen and oxygen atoms in total. The first-order valence-corrected chi connectivity index (χ1v) is 9.34. The maximum absolute atomic E-state index is 13.2. The molecule has 5 rings (SSSR count). The van der Waals surface area contributed by atoms with Crippen LogP contribution >= 0.6 is 0 Å². The summed E-state index contributed by atoms with van der Waals surface area (Å²) < 4.78 is 5.61. The van der Waals surface area contributed by atoms with Crippen molar-refractivity contribution in [2.24, 2.45) is 0 Å². The van der Waals surface area contributed by atoms with E-state index in [0.29, 0.717) is 35.5 Å². The molecule has 0 radical (unpaired) electrons. The fraction of sp³-hybridized carbons (Fsp3) is 0.238. The first-order chi connectivity index (χ1) is 14.0. The normalized spacial score (nSPS) is 22.6. The molecule has 1 spiro atoms. The SMILES string of the molecule is O=C1N[C@@]2(CCOc3ccccc32)C(=O)N1CCN1C(=O)c2ccccc2C1=O. The number of fused-ring (bicyclic) bond motifs is 3. The summed E-state index contributed by atoms with van der Waals surface area (Å²) >= 11 is 0. The van der Waals surface area contributed by atoms with Crippen LogP contribution in [0.25, 0.3) is 0 Å². The quantitative estimate of drug-likeness (QED) is 0.632. The molecule has 8 heteroatoms. The minimum absolute atomic E-state index is 0.0558. The van der Waals surface area contributed by atoms with Crippen molar-refractivity contribution < 1.29 is 23.9 Å². The number of nitrogens with zero attached hydrogens (tertiary/aromatic N) is 2. The van der Waals surface area contributed by atoms with Crippen LogP contribution in [0.1, 0.15) is 32.7 Å². The van der Waals surface area contributed by atoms with Crippen LogP contribution in [0.5, 0.6) is 5.75 Å². The van der Waals surface area contributed by atoms with Gasteiger partial charge in [-0.05, 0) is 18.2 Å². The molecular weight excluding hydrogens is 374 g/mol. The minimum atomic E-state index is -1.17. The second-order valence-electron chi connectivity index (χ2n) is 7.19. The summed E-state index contributed by atoms with van der Waals surface area (Å²) in [5.74, 6) is -0.656. The molecule has 0 aromatic heterocycles. The Balaban J connectivity index is 1.38. The third kappa shape index (κ3) is 2.38. The smallest absolute Gasteiger partial charge is 0.325 e. The highest BCUT2D eigenvalue weighted by Crippen LogP contribution is 2.40. The molecule has 3 heterocycles. The summed E-state index contributed by atoms with van der Waals surface area (Å²) in [5.41, 5.74) is 0.121. The number of benzene rings is 2. The number of imide groups is 2. The van der Waals surface area contributed by atoms with E-state index in [1.165, 1.54) is 0 Å². The maximum atomic E-state index is 13.2. The van der Waals surface area contributed by atoms with Crippen molar-refractivity contribution in [1.29, 1.82) is 0 Å². The number of carbonyl (C=O) groups excluding carboxylic acids is 4. The predicted molar refractivity (Wildman–Crippen MR) is 100 cm³/mol. The summed E-state index contributed by atoms with van der Waals surface area (Å²) in [4.78, 5) is 53.0. The Morgan fingerprint density at radius 3 is 2.21 bits per heavy atom. The van der Waals surface area contributed by atoms with Crippen molar-refractivity contribution in [3.63, 3.8) is 0 Å². The van der Waals surface area contributed by atoms with E-state index in [0.717, 1.165) is 9.80 Å². The zero-order valence-corrected chi connectivity index (χ0v) is 15.4. The molecule has 3 aliphatic heterocycles. The number of rotatable bonds is 3. The number of para-hydroxylation sites is 1. The molecule has 29 heavy (non-hydrogen) atoms. The van der Waals surface area contributed by atoms with Crippen LogP contribution in [0.4, 0.5) is 4.79 Å². The summed E-state index contributed by atoms with van der Waals surface area (Å²) in [7, 11) is 0. The summed E-state index contributed by atoms with van der Waals surface area (Å²) in [5, 5.41) is 2.81. The lowest BCUT2D eigenvalue weighted by molar-refractivity contribution is -0.132. The van der Waals surface area contributed by atoms with E-state index < -0.39 is 29.3 Å². The Bertz CT molecular complexity index is 1050. The van der Waals surface area contributed by atoms with Crippen LogP contribution < -0.4 is 10.1 Å². The zero-order valence-electron chi connectivity index (χ0n) is 15.4. The van der Waals surface area contributed by atoms with E-state index in [-0.39, 0.29) is 13.1 Å². The van der Waals surface area contributed by atoms with Gasteiger partial charge in [0.05, 0.1) is 17.7 Å². The summed E-state index contributed by atoms with van der Waals surface area (Å²) in [6.07, 6.45) is 0.318. The van der Waals surface area contributed by atoms with Gasteiger partial charge in [0.15, 0.2) is 5.54 Å². The molecule has 0 aliphatic carbocycles. The molecule has 3 aliphatic rings. The van der Waals surface area contributed by atoms with Crippen molar-refractivity contribution >= 4 is 23.8 Å². The van der Waals surface area contributed by atoms with Crippen LogP contribution in [-0.4, -0.2) is 53.2 Å². The second-order valence-corrected chi connectivity index (χ2v) is 7.19. The maximum Gasteiger partial charge on any atom is 0.325 e. The molecule has 1 atom stereocenters. The molecule has 0 bridgehead atoms. The predicted octanol–water partition coefficient (Wildman–Crippen LogP) is 1.51. The Labute approximate surface area is 166 Å². The van der Waals surface area contributed by atoms with Gasteiger partial charge in [-0.15, -0.1) is 0 Å². The van der Waals surface area contributed by atoms with E-state index in [1.54, 1.807) is 48.5 Å². The van der Waals surface area contributed by atoms with Crippen molar-refractivity contribution in [3.8, 4) is 5.75 Å². The Hall–Kier alpha value is -3.68. The average Bonchev–Trinajstić information content (AvgIpc) is 3.12. The van der Waals surface area contributed by atoms with Crippen LogP contribution in [0, 0.1) is 0 Å². The van der Waals surface area contributed by atoms with Crippen molar-refractivity contribution in [3.05, 3.63) is 65.2 Å². The van der Waals surface area contributed by atoms with Gasteiger partial charge in [-0.2, -0.15) is 0 Å². The van der Waals surface area contributed by atoms with Crippen LogP contribution in [0.3, 0.4) is 0 Å². The average molecular weight is 391 g/mol. The van der Waals surface area contributed by atoms with E-state index in [4.69, 9.17) is 4.74 Å². The van der Waals surface area contributed by atoms with Crippen molar-refractivity contribution in [2.75, 3.05) is 19.7 Å². The number of amides is 5. The van der Waals surface area contributed by atoms with Gasteiger partial charge in [0, 0.05) is 25.1 Å². The van der Waals surface area contributed by atoms with Crippen LogP contribution in [-0.2, 0) is 10.3 Å². The number of carbonyl (C=O) groups is 4. The van der Waals surface area contributed by atoms with Gasteiger partial charge in [0.1, 0.15) is 5.75 Å². The number of urea groups is 1. The molecule has 1 N–H and O–H groups in total. The lowest BCUT2D eigenvalue weighted by atomic mass is 9.84. The van der Waals surface area contributed by atoms with Crippen molar-refractivity contribution in [2.45, 2.75) is 12.0 Å². The molecule has 0 unspecified atom stereocenters. The largest absolute Gasteiger partial charge is 0.493 e.